The molecule has 0 N–H and O–H groups in total. The summed E-state index contributed by atoms with van der Waals surface area (Å²) in [5, 5.41) is 6.94. The molecule has 0 nitrogen and oxygen atoms in total. The number of rotatable bonds is 2. The number of aryl methyl sites for hydroxylation is 2. The Morgan fingerprint density at radius 3 is 1.26 bits per heavy atom. The zero-order valence-corrected chi connectivity index (χ0v) is 24.8. The standard InChI is InChI=1S/C40H28.C2H6/c1-5-35-36(6-2)40(22-16-30-14-20-32-24-28(4)12-18-34(32)26-30)38-10-8-7-9-37(38)39(35)21-15-29-13-19-31-23-27(3)11-17-33(31)25-29;1-2/h5-14,17-20,23-26H,1-2H2,3-4H3;1-2H3. The summed E-state index contributed by atoms with van der Waals surface area (Å²) < 4.78 is 0. The van der Waals surface area contributed by atoms with Crippen molar-refractivity contribution in [3.05, 3.63) is 155 Å². The van der Waals surface area contributed by atoms with Crippen LogP contribution in [-0.2, 0) is 0 Å². The SMILES string of the molecule is C=Cc1c(C=C)c(C#Cc2ccc3cc(C)ccc3c2)c2ccccc2c1C#Cc1ccc2cc(C)ccc2c1.CC. The van der Waals surface area contributed by atoms with E-state index in [1.165, 1.54) is 32.7 Å². The van der Waals surface area contributed by atoms with E-state index in [4.69, 9.17) is 0 Å². The van der Waals surface area contributed by atoms with Crippen LogP contribution in [0.5, 0.6) is 0 Å². The van der Waals surface area contributed by atoms with Crippen LogP contribution in [0.2, 0.25) is 0 Å². The average molecular weight is 539 g/mol. The van der Waals surface area contributed by atoms with E-state index in [2.05, 4.69) is 148 Å². The zero-order valence-electron chi connectivity index (χ0n) is 24.8. The summed E-state index contributed by atoms with van der Waals surface area (Å²) in [4.78, 5) is 0. The summed E-state index contributed by atoms with van der Waals surface area (Å²) in [5.74, 6) is 13.8. The lowest BCUT2D eigenvalue weighted by atomic mass is 9.89. The fraction of sp³-hybridized carbons (Fsp3) is 0.0952. The molecule has 0 radical (unpaired) electrons. The molecular weight excluding hydrogens is 504 g/mol. The van der Waals surface area contributed by atoms with Crippen molar-refractivity contribution in [1.82, 2.24) is 0 Å². The van der Waals surface area contributed by atoms with Gasteiger partial charge in [-0.1, -0.05) is 147 Å². The number of hydrogen-bond acceptors (Lipinski definition) is 0. The summed E-state index contributed by atoms with van der Waals surface area (Å²) in [6.45, 7) is 16.5. The summed E-state index contributed by atoms with van der Waals surface area (Å²) in [6.07, 6.45) is 3.75. The van der Waals surface area contributed by atoms with Gasteiger partial charge in [-0.3, -0.25) is 0 Å². The molecule has 0 atom stereocenters. The van der Waals surface area contributed by atoms with Crippen LogP contribution < -0.4 is 0 Å². The molecule has 0 aliphatic heterocycles. The normalized spacial score (nSPS) is 10.2. The summed E-state index contributed by atoms with van der Waals surface area (Å²) in [7, 11) is 0. The van der Waals surface area contributed by atoms with Gasteiger partial charge in [-0.2, -0.15) is 0 Å². The average Bonchev–Trinajstić information content (AvgIpc) is 3.03. The van der Waals surface area contributed by atoms with Gasteiger partial charge in [0.2, 0.25) is 0 Å². The molecular formula is C42H34. The molecule has 0 saturated carbocycles. The lowest BCUT2D eigenvalue weighted by molar-refractivity contribution is 1.50. The second-order valence-corrected chi connectivity index (χ2v) is 10.2. The minimum absolute atomic E-state index is 0.941. The number of benzene rings is 6. The first-order chi connectivity index (χ1) is 20.5. The highest BCUT2D eigenvalue weighted by Gasteiger charge is 2.14. The van der Waals surface area contributed by atoms with E-state index in [-0.39, 0.29) is 0 Å². The molecule has 0 aliphatic carbocycles. The van der Waals surface area contributed by atoms with Crippen molar-refractivity contribution in [1.29, 1.82) is 0 Å². The summed E-state index contributed by atoms with van der Waals surface area (Å²) in [5.41, 5.74) is 8.25. The van der Waals surface area contributed by atoms with E-state index in [1.54, 1.807) is 0 Å². The minimum atomic E-state index is 0.941. The van der Waals surface area contributed by atoms with Crippen molar-refractivity contribution in [2.75, 3.05) is 0 Å². The fourth-order valence-electron chi connectivity index (χ4n) is 5.33. The van der Waals surface area contributed by atoms with Gasteiger partial charge in [0.1, 0.15) is 0 Å². The molecule has 0 fully saturated rings. The maximum atomic E-state index is 4.15. The van der Waals surface area contributed by atoms with E-state index in [1.807, 2.05) is 26.0 Å². The molecule has 0 bridgehead atoms. The third kappa shape index (κ3) is 5.63. The van der Waals surface area contributed by atoms with Gasteiger partial charge in [0, 0.05) is 22.3 Å². The molecule has 0 aromatic heterocycles. The zero-order chi connectivity index (χ0) is 29.6. The maximum Gasteiger partial charge on any atom is 0.0406 e. The second kappa shape index (κ2) is 12.5. The Bertz CT molecular complexity index is 1960. The maximum absolute atomic E-state index is 4.15. The first-order valence-electron chi connectivity index (χ1n) is 14.4. The van der Waals surface area contributed by atoms with Gasteiger partial charge in [0.15, 0.2) is 0 Å². The van der Waals surface area contributed by atoms with Crippen LogP contribution in [0.4, 0.5) is 0 Å². The summed E-state index contributed by atoms with van der Waals surface area (Å²) >= 11 is 0. The smallest absolute Gasteiger partial charge is 0.0406 e. The highest BCUT2D eigenvalue weighted by atomic mass is 14.2. The van der Waals surface area contributed by atoms with Crippen molar-refractivity contribution in [2.45, 2.75) is 27.7 Å². The van der Waals surface area contributed by atoms with Gasteiger partial charge in [-0.25, -0.2) is 0 Å². The Morgan fingerprint density at radius 1 is 0.476 bits per heavy atom. The summed E-state index contributed by atoms with van der Waals surface area (Å²) in [6, 6.07) is 34.1. The van der Waals surface area contributed by atoms with Gasteiger partial charge in [0.05, 0.1) is 0 Å². The van der Waals surface area contributed by atoms with Gasteiger partial charge < -0.3 is 0 Å². The van der Waals surface area contributed by atoms with Gasteiger partial charge in [-0.15, -0.1) is 0 Å². The molecule has 0 aliphatic rings. The molecule has 0 heteroatoms. The van der Waals surface area contributed by atoms with Crippen molar-refractivity contribution < 1.29 is 0 Å². The Morgan fingerprint density at radius 2 is 0.857 bits per heavy atom. The van der Waals surface area contributed by atoms with Crippen LogP contribution in [0.25, 0.3) is 44.5 Å². The highest BCUT2D eigenvalue weighted by Crippen LogP contribution is 2.32. The quantitative estimate of drug-likeness (QED) is 0.192. The van der Waals surface area contributed by atoms with E-state index in [0.717, 1.165) is 44.2 Å². The minimum Gasteiger partial charge on any atom is -0.0984 e. The molecule has 6 aromatic carbocycles. The molecule has 202 valence electrons. The van der Waals surface area contributed by atoms with E-state index in [9.17, 15) is 0 Å². The molecule has 0 heterocycles. The lowest BCUT2D eigenvalue weighted by Gasteiger charge is -2.13. The second-order valence-electron chi connectivity index (χ2n) is 10.2. The van der Waals surface area contributed by atoms with Crippen molar-refractivity contribution in [2.24, 2.45) is 0 Å². The Hall–Kier alpha value is -5.30. The third-order valence-electron chi connectivity index (χ3n) is 7.36. The molecule has 0 saturated heterocycles. The van der Waals surface area contributed by atoms with Crippen LogP contribution in [0.1, 0.15) is 58.4 Å². The van der Waals surface area contributed by atoms with Crippen LogP contribution in [0, 0.1) is 37.5 Å². The van der Waals surface area contributed by atoms with Crippen molar-refractivity contribution in [3.8, 4) is 23.7 Å². The van der Waals surface area contributed by atoms with E-state index in [0.29, 0.717) is 0 Å². The lowest BCUT2D eigenvalue weighted by Crippen LogP contribution is -1.96. The van der Waals surface area contributed by atoms with Crippen LogP contribution in [-0.4, -0.2) is 0 Å². The number of fused-ring (bicyclic) bond motifs is 3. The first kappa shape index (κ1) is 28.2. The Kier molecular flexibility index (Phi) is 8.39. The van der Waals surface area contributed by atoms with Crippen molar-refractivity contribution in [3.63, 3.8) is 0 Å². The Labute approximate surface area is 250 Å². The number of hydrogen-bond donors (Lipinski definition) is 0. The fourth-order valence-corrected chi connectivity index (χ4v) is 5.33. The first-order valence-corrected chi connectivity index (χ1v) is 14.4. The van der Waals surface area contributed by atoms with E-state index < -0.39 is 0 Å². The largest absolute Gasteiger partial charge is 0.0984 e. The van der Waals surface area contributed by atoms with Crippen molar-refractivity contribution >= 4 is 44.5 Å². The molecule has 0 unspecified atom stereocenters. The molecule has 42 heavy (non-hydrogen) atoms. The molecule has 0 amide bonds. The van der Waals surface area contributed by atoms with Gasteiger partial charge in [0.25, 0.3) is 0 Å². The van der Waals surface area contributed by atoms with Crippen LogP contribution >= 0.6 is 0 Å². The molecule has 6 rings (SSSR count). The Balaban J connectivity index is 0.00000173. The molecule has 0 spiro atoms. The monoisotopic (exact) mass is 538 g/mol. The van der Waals surface area contributed by atoms with Crippen LogP contribution in [0.3, 0.4) is 0 Å². The molecule has 6 aromatic rings. The van der Waals surface area contributed by atoms with Gasteiger partial charge >= 0.3 is 0 Å². The third-order valence-corrected chi connectivity index (χ3v) is 7.36. The van der Waals surface area contributed by atoms with Crippen LogP contribution in [0.15, 0.2) is 110 Å². The van der Waals surface area contributed by atoms with Gasteiger partial charge in [-0.05, 0) is 81.6 Å². The van der Waals surface area contributed by atoms with E-state index >= 15 is 0 Å². The topological polar surface area (TPSA) is 0 Å². The predicted octanol–water partition coefficient (Wildman–Crippen LogP) is 10.9. The highest BCUT2D eigenvalue weighted by molar-refractivity contribution is 6.00. The predicted molar refractivity (Wildman–Crippen MR) is 185 cm³/mol.